The van der Waals surface area contributed by atoms with Gasteiger partial charge >= 0.3 is 0 Å². The van der Waals surface area contributed by atoms with Gasteiger partial charge in [0.05, 0.1) is 17.5 Å². The van der Waals surface area contributed by atoms with Gasteiger partial charge in [0.2, 0.25) is 0 Å². The molecular weight excluding hydrogens is 316 g/mol. The van der Waals surface area contributed by atoms with Gasteiger partial charge in [-0.25, -0.2) is 8.42 Å². The SMILES string of the molecule is O=S1(=O)CCN(C2CNc3cc(Br)ccc32)CC1. The molecule has 0 amide bonds. The Morgan fingerprint density at radius 3 is 2.72 bits per heavy atom. The van der Waals surface area contributed by atoms with Crippen molar-refractivity contribution in [3.8, 4) is 0 Å². The van der Waals surface area contributed by atoms with Gasteiger partial charge in [-0.15, -0.1) is 0 Å². The molecule has 1 aromatic rings. The van der Waals surface area contributed by atoms with Crippen LogP contribution >= 0.6 is 15.9 Å². The molecule has 0 aliphatic carbocycles. The summed E-state index contributed by atoms with van der Waals surface area (Å²) in [4.78, 5) is 2.27. The number of hydrogen-bond acceptors (Lipinski definition) is 4. The first kappa shape index (κ1) is 12.4. The van der Waals surface area contributed by atoms with E-state index in [4.69, 9.17) is 0 Å². The molecule has 98 valence electrons. The van der Waals surface area contributed by atoms with Crippen LogP contribution in [-0.2, 0) is 9.84 Å². The van der Waals surface area contributed by atoms with Crippen LogP contribution in [0, 0.1) is 0 Å². The summed E-state index contributed by atoms with van der Waals surface area (Å²) in [5, 5.41) is 3.39. The number of fused-ring (bicyclic) bond motifs is 1. The van der Waals surface area contributed by atoms with E-state index >= 15 is 0 Å². The Morgan fingerprint density at radius 2 is 2.00 bits per heavy atom. The van der Waals surface area contributed by atoms with Gasteiger partial charge in [-0.05, 0) is 17.7 Å². The van der Waals surface area contributed by atoms with E-state index in [9.17, 15) is 8.42 Å². The van der Waals surface area contributed by atoms with Crippen molar-refractivity contribution >= 4 is 31.5 Å². The van der Waals surface area contributed by atoms with Gasteiger partial charge in [0.15, 0.2) is 9.84 Å². The summed E-state index contributed by atoms with van der Waals surface area (Å²) in [6, 6.07) is 6.55. The van der Waals surface area contributed by atoms with Crippen LogP contribution in [-0.4, -0.2) is 44.5 Å². The lowest BCUT2D eigenvalue weighted by atomic mass is 10.1. The number of nitrogens with zero attached hydrogens (tertiary/aromatic N) is 1. The van der Waals surface area contributed by atoms with Crippen LogP contribution in [0.3, 0.4) is 0 Å². The van der Waals surface area contributed by atoms with Crippen LogP contribution < -0.4 is 5.32 Å². The molecule has 0 spiro atoms. The molecule has 6 heteroatoms. The lowest BCUT2D eigenvalue weighted by Crippen LogP contribution is -2.42. The van der Waals surface area contributed by atoms with Gasteiger partial charge in [0.25, 0.3) is 0 Å². The number of hydrogen-bond donors (Lipinski definition) is 1. The largest absolute Gasteiger partial charge is 0.383 e. The Bertz CT molecular complexity index is 559. The fourth-order valence-electron chi connectivity index (χ4n) is 2.65. The molecule has 2 aliphatic heterocycles. The van der Waals surface area contributed by atoms with Crippen molar-refractivity contribution in [1.29, 1.82) is 0 Å². The molecule has 2 heterocycles. The number of halogens is 1. The smallest absolute Gasteiger partial charge is 0.152 e. The summed E-state index contributed by atoms with van der Waals surface area (Å²) in [7, 11) is -2.80. The highest BCUT2D eigenvalue weighted by molar-refractivity contribution is 9.10. The molecular formula is C12H15BrN2O2S. The Balaban J connectivity index is 1.81. The monoisotopic (exact) mass is 330 g/mol. The summed E-state index contributed by atoms with van der Waals surface area (Å²) >= 11 is 3.46. The molecule has 3 rings (SSSR count). The second-order valence-corrected chi connectivity index (χ2v) is 8.04. The quantitative estimate of drug-likeness (QED) is 0.850. The predicted molar refractivity (Wildman–Crippen MR) is 75.6 cm³/mol. The van der Waals surface area contributed by atoms with Crippen molar-refractivity contribution in [1.82, 2.24) is 4.90 Å². The Kier molecular flexibility index (Phi) is 3.11. The molecule has 0 saturated carbocycles. The fraction of sp³-hybridized carbons (Fsp3) is 0.500. The topological polar surface area (TPSA) is 49.4 Å². The van der Waals surface area contributed by atoms with E-state index in [0.717, 1.165) is 16.7 Å². The van der Waals surface area contributed by atoms with Crippen molar-refractivity contribution in [3.63, 3.8) is 0 Å². The van der Waals surface area contributed by atoms with E-state index in [-0.39, 0.29) is 11.5 Å². The maximum atomic E-state index is 11.5. The normalized spacial score (nSPS) is 26.6. The number of rotatable bonds is 1. The van der Waals surface area contributed by atoms with Crippen LogP contribution in [0.1, 0.15) is 11.6 Å². The molecule has 0 radical (unpaired) electrons. The lowest BCUT2D eigenvalue weighted by Gasteiger charge is -2.31. The van der Waals surface area contributed by atoms with E-state index in [2.05, 4.69) is 38.3 Å². The Hall–Kier alpha value is -0.590. The molecule has 1 N–H and O–H groups in total. The van der Waals surface area contributed by atoms with Crippen molar-refractivity contribution < 1.29 is 8.42 Å². The van der Waals surface area contributed by atoms with E-state index in [1.54, 1.807) is 0 Å². The average molecular weight is 331 g/mol. The highest BCUT2D eigenvalue weighted by Gasteiger charge is 2.31. The maximum Gasteiger partial charge on any atom is 0.152 e. The molecule has 4 nitrogen and oxygen atoms in total. The Labute approximate surface area is 115 Å². The van der Waals surface area contributed by atoms with Crippen LogP contribution in [0.4, 0.5) is 5.69 Å². The molecule has 1 unspecified atom stereocenters. The summed E-state index contributed by atoms with van der Waals surface area (Å²) in [6.07, 6.45) is 0. The van der Waals surface area contributed by atoms with Crippen LogP contribution in [0.15, 0.2) is 22.7 Å². The summed E-state index contributed by atoms with van der Waals surface area (Å²) in [6.45, 7) is 2.15. The standard InChI is InChI=1S/C12H15BrN2O2S/c13-9-1-2-10-11(7-9)14-8-12(10)15-3-5-18(16,17)6-4-15/h1-2,7,12,14H,3-6,8H2. The van der Waals surface area contributed by atoms with Crippen LogP contribution in [0.5, 0.6) is 0 Å². The van der Waals surface area contributed by atoms with Gasteiger partial charge in [0.1, 0.15) is 0 Å². The van der Waals surface area contributed by atoms with Crippen LogP contribution in [0.2, 0.25) is 0 Å². The fourth-order valence-corrected chi connectivity index (χ4v) is 4.24. The summed E-state index contributed by atoms with van der Waals surface area (Å²) < 4.78 is 24.0. The van der Waals surface area contributed by atoms with Crippen molar-refractivity contribution in [2.75, 3.05) is 36.5 Å². The van der Waals surface area contributed by atoms with Gasteiger partial charge in [0, 0.05) is 29.8 Å². The average Bonchev–Trinajstić information content (AvgIpc) is 2.72. The first-order chi connectivity index (χ1) is 8.55. The third kappa shape index (κ3) is 2.29. The molecule has 1 saturated heterocycles. The maximum absolute atomic E-state index is 11.5. The van der Waals surface area contributed by atoms with Crippen molar-refractivity contribution in [3.05, 3.63) is 28.2 Å². The minimum atomic E-state index is -2.80. The molecule has 1 atom stereocenters. The molecule has 0 aromatic heterocycles. The molecule has 18 heavy (non-hydrogen) atoms. The number of nitrogens with one attached hydrogen (secondary N) is 1. The zero-order valence-electron chi connectivity index (χ0n) is 9.89. The zero-order chi connectivity index (χ0) is 12.8. The van der Waals surface area contributed by atoms with E-state index in [1.807, 2.05) is 6.07 Å². The first-order valence-electron chi connectivity index (χ1n) is 6.03. The molecule has 1 fully saturated rings. The summed E-state index contributed by atoms with van der Waals surface area (Å²) in [5.41, 5.74) is 2.43. The molecule has 0 bridgehead atoms. The highest BCUT2D eigenvalue weighted by atomic mass is 79.9. The van der Waals surface area contributed by atoms with Gasteiger partial charge in [-0.1, -0.05) is 22.0 Å². The van der Waals surface area contributed by atoms with E-state index in [1.165, 1.54) is 5.56 Å². The first-order valence-corrected chi connectivity index (χ1v) is 8.64. The van der Waals surface area contributed by atoms with E-state index < -0.39 is 9.84 Å². The van der Waals surface area contributed by atoms with E-state index in [0.29, 0.717) is 19.1 Å². The Morgan fingerprint density at radius 1 is 1.28 bits per heavy atom. The van der Waals surface area contributed by atoms with Gasteiger partial charge in [-0.2, -0.15) is 0 Å². The third-order valence-electron chi connectivity index (χ3n) is 3.68. The summed E-state index contributed by atoms with van der Waals surface area (Å²) in [5.74, 6) is 0.574. The number of anilines is 1. The minimum Gasteiger partial charge on any atom is -0.383 e. The second-order valence-electron chi connectivity index (χ2n) is 4.82. The number of sulfone groups is 1. The van der Waals surface area contributed by atoms with Crippen molar-refractivity contribution in [2.45, 2.75) is 6.04 Å². The van der Waals surface area contributed by atoms with Crippen molar-refractivity contribution in [2.24, 2.45) is 0 Å². The van der Waals surface area contributed by atoms with Crippen LogP contribution in [0.25, 0.3) is 0 Å². The van der Waals surface area contributed by atoms with Gasteiger partial charge in [-0.3, -0.25) is 4.90 Å². The number of benzene rings is 1. The molecule has 1 aromatic carbocycles. The minimum absolute atomic E-state index is 0.287. The second kappa shape index (κ2) is 4.51. The molecule has 2 aliphatic rings. The third-order valence-corrected chi connectivity index (χ3v) is 5.78. The highest BCUT2D eigenvalue weighted by Crippen LogP contribution is 2.36. The van der Waals surface area contributed by atoms with Gasteiger partial charge < -0.3 is 5.32 Å². The zero-order valence-corrected chi connectivity index (χ0v) is 12.3. The lowest BCUT2D eigenvalue weighted by molar-refractivity contribution is 0.229. The predicted octanol–water partition coefficient (Wildman–Crippen LogP) is 1.65.